The van der Waals surface area contributed by atoms with E-state index in [0.717, 1.165) is 12.8 Å². The minimum absolute atomic E-state index is 0.0136. The second-order valence-electron chi connectivity index (χ2n) is 3.58. The first-order valence-corrected chi connectivity index (χ1v) is 4.43. The van der Waals surface area contributed by atoms with Gasteiger partial charge in [0, 0.05) is 5.92 Å². The lowest BCUT2D eigenvalue weighted by atomic mass is 9.84. The smallest absolute Gasteiger partial charge is 0.0868 e. The molecular weight excluding hydrogens is 152 g/mol. The van der Waals surface area contributed by atoms with Crippen molar-refractivity contribution in [2.45, 2.75) is 37.5 Å². The van der Waals surface area contributed by atoms with Gasteiger partial charge in [0.2, 0.25) is 0 Å². The van der Waals surface area contributed by atoms with Gasteiger partial charge in [-0.05, 0) is 19.3 Å². The van der Waals surface area contributed by atoms with Gasteiger partial charge in [-0.2, -0.15) is 0 Å². The summed E-state index contributed by atoms with van der Waals surface area (Å²) in [6.07, 6.45) is 9.57. The van der Waals surface area contributed by atoms with Crippen LogP contribution in [-0.2, 0) is 4.74 Å². The molecular formula is C9H14N2O. The second-order valence-corrected chi connectivity index (χ2v) is 3.58. The Bertz CT molecular complexity index is 211. The van der Waals surface area contributed by atoms with Gasteiger partial charge >= 0.3 is 0 Å². The van der Waals surface area contributed by atoms with E-state index in [1.165, 1.54) is 6.42 Å². The fourth-order valence-corrected chi connectivity index (χ4v) is 2.32. The first-order valence-electron chi connectivity index (χ1n) is 4.43. The van der Waals surface area contributed by atoms with Gasteiger partial charge in [-0.3, -0.25) is 5.84 Å². The molecule has 0 spiro atoms. The van der Waals surface area contributed by atoms with Crippen LogP contribution in [0.3, 0.4) is 0 Å². The largest absolute Gasteiger partial charge is 0.375 e. The number of fused-ring (bicyclic) bond motifs is 2. The first-order chi connectivity index (χ1) is 5.85. The van der Waals surface area contributed by atoms with Gasteiger partial charge in [0.1, 0.15) is 0 Å². The van der Waals surface area contributed by atoms with Gasteiger partial charge in [0.25, 0.3) is 0 Å². The Labute approximate surface area is 72.6 Å². The molecule has 3 heteroatoms. The number of ether oxygens (including phenoxy) is 1. The van der Waals surface area contributed by atoms with Crippen LogP contribution in [0.15, 0.2) is 0 Å². The molecule has 4 atom stereocenters. The van der Waals surface area contributed by atoms with E-state index in [1.807, 2.05) is 0 Å². The lowest BCUT2D eigenvalue weighted by molar-refractivity contribution is 0.0893. The summed E-state index contributed by atoms with van der Waals surface area (Å²) in [5.74, 6) is 8.44. The molecule has 4 unspecified atom stereocenters. The fraction of sp³-hybridized carbons (Fsp3) is 0.778. The van der Waals surface area contributed by atoms with E-state index < -0.39 is 0 Å². The van der Waals surface area contributed by atoms with Crippen LogP contribution in [-0.4, -0.2) is 18.2 Å². The highest BCUT2D eigenvalue weighted by molar-refractivity contribution is 5.07. The number of rotatable bonds is 2. The zero-order chi connectivity index (χ0) is 8.55. The van der Waals surface area contributed by atoms with Crippen LogP contribution >= 0.6 is 0 Å². The molecule has 3 N–H and O–H groups in total. The van der Waals surface area contributed by atoms with Crippen molar-refractivity contribution in [2.75, 3.05) is 0 Å². The van der Waals surface area contributed by atoms with Gasteiger partial charge < -0.3 is 4.74 Å². The van der Waals surface area contributed by atoms with Gasteiger partial charge in [-0.1, -0.05) is 5.92 Å². The highest BCUT2D eigenvalue weighted by Crippen LogP contribution is 2.40. The Balaban J connectivity index is 2.02. The van der Waals surface area contributed by atoms with Crippen LogP contribution in [0.1, 0.15) is 19.3 Å². The summed E-state index contributed by atoms with van der Waals surface area (Å²) in [6, 6.07) is -0.0136. The van der Waals surface area contributed by atoms with Crippen LogP contribution < -0.4 is 11.3 Å². The van der Waals surface area contributed by atoms with Crippen LogP contribution in [0.2, 0.25) is 0 Å². The quantitative estimate of drug-likeness (QED) is 0.345. The van der Waals surface area contributed by atoms with Crippen LogP contribution in [0.25, 0.3) is 0 Å². The summed E-state index contributed by atoms with van der Waals surface area (Å²) >= 11 is 0. The molecule has 2 saturated heterocycles. The van der Waals surface area contributed by atoms with Crippen molar-refractivity contribution in [2.24, 2.45) is 11.8 Å². The molecule has 0 aromatic heterocycles. The average Bonchev–Trinajstić information content (AvgIpc) is 2.67. The third-order valence-corrected chi connectivity index (χ3v) is 2.94. The lowest BCUT2D eigenvalue weighted by Crippen LogP contribution is -2.43. The average molecular weight is 166 g/mol. The molecule has 66 valence electrons. The van der Waals surface area contributed by atoms with E-state index in [0.29, 0.717) is 18.1 Å². The van der Waals surface area contributed by atoms with E-state index in [4.69, 9.17) is 17.0 Å². The van der Waals surface area contributed by atoms with Crippen molar-refractivity contribution in [1.29, 1.82) is 0 Å². The summed E-state index contributed by atoms with van der Waals surface area (Å²) in [6.45, 7) is 0. The Morgan fingerprint density at radius 2 is 2.42 bits per heavy atom. The Hall–Kier alpha value is -0.560. The van der Waals surface area contributed by atoms with E-state index >= 15 is 0 Å². The number of nitrogens with one attached hydrogen (secondary N) is 1. The molecule has 2 aliphatic heterocycles. The summed E-state index contributed by atoms with van der Waals surface area (Å²) in [5.41, 5.74) is 2.66. The molecule has 2 fully saturated rings. The molecule has 12 heavy (non-hydrogen) atoms. The molecule has 0 aromatic rings. The van der Waals surface area contributed by atoms with Crippen molar-refractivity contribution < 1.29 is 4.74 Å². The number of terminal acetylenes is 1. The van der Waals surface area contributed by atoms with Crippen molar-refractivity contribution in [3.63, 3.8) is 0 Å². The lowest BCUT2D eigenvalue weighted by Gasteiger charge is -2.23. The topological polar surface area (TPSA) is 47.3 Å². The molecule has 2 bridgehead atoms. The van der Waals surface area contributed by atoms with Crippen molar-refractivity contribution in [1.82, 2.24) is 5.43 Å². The molecule has 0 amide bonds. The van der Waals surface area contributed by atoms with Gasteiger partial charge in [0.15, 0.2) is 0 Å². The summed E-state index contributed by atoms with van der Waals surface area (Å²) < 4.78 is 5.68. The van der Waals surface area contributed by atoms with Gasteiger partial charge in [-0.15, -0.1) is 6.42 Å². The molecule has 0 saturated carbocycles. The highest BCUT2D eigenvalue weighted by atomic mass is 16.5. The van der Waals surface area contributed by atoms with Crippen molar-refractivity contribution in [3.8, 4) is 12.3 Å². The second kappa shape index (κ2) is 3.06. The molecule has 2 heterocycles. The normalized spacial score (nSPS) is 41.2. The molecule has 2 rings (SSSR count). The number of nitrogens with two attached hydrogens (primary N) is 1. The third-order valence-electron chi connectivity index (χ3n) is 2.94. The maximum absolute atomic E-state index is 5.68. The third kappa shape index (κ3) is 1.13. The standard InChI is InChI=1S/C9H14N2O/c1-2-8(11-10)7-5-6-3-4-9(7)12-6/h1,6-9,11H,3-5,10H2. The summed E-state index contributed by atoms with van der Waals surface area (Å²) in [4.78, 5) is 0. The zero-order valence-corrected chi connectivity index (χ0v) is 6.99. The molecule has 0 radical (unpaired) electrons. The van der Waals surface area contributed by atoms with Crippen LogP contribution in [0, 0.1) is 18.3 Å². The highest BCUT2D eigenvalue weighted by Gasteiger charge is 2.43. The zero-order valence-electron chi connectivity index (χ0n) is 6.99. The molecule has 0 aromatic carbocycles. The maximum Gasteiger partial charge on any atom is 0.0868 e. The SMILES string of the molecule is C#CC(NN)C1CC2CCC1O2. The monoisotopic (exact) mass is 166 g/mol. The number of hydrogen-bond acceptors (Lipinski definition) is 3. The number of hydrazine groups is 1. The van der Waals surface area contributed by atoms with E-state index in [9.17, 15) is 0 Å². The van der Waals surface area contributed by atoms with Crippen LogP contribution in [0.5, 0.6) is 0 Å². The number of hydrogen-bond donors (Lipinski definition) is 2. The van der Waals surface area contributed by atoms with Gasteiger partial charge in [-0.25, -0.2) is 5.43 Å². The van der Waals surface area contributed by atoms with Crippen molar-refractivity contribution >= 4 is 0 Å². The Morgan fingerprint density at radius 1 is 1.58 bits per heavy atom. The summed E-state index contributed by atoms with van der Waals surface area (Å²) in [5, 5.41) is 0. The Kier molecular flexibility index (Phi) is 2.05. The Morgan fingerprint density at radius 3 is 2.83 bits per heavy atom. The van der Waals surface area contributed by atoms with Gasteiger partial charge in [0.05, 0.1) is 18.2 Å². The minimum Gasteiger partial charge on any atom is -0.375 e. The predicted octanol–water partition coefficient (Wildman–Crippen LogP) is 0.0190. The molecule has 2 aliphatic rings. The van der Waals surface area contributed by atoms with E-state index in [-0.39, 0.29) is 6.04 Å². The fourth-order valence-electron chi connectivity index (χ4n) is 2.32. The first kappa shape index (κ1) is 8.06. The predicted molar refractivity (Wildman–Crippen MR) is 45.9 cm³/mol. The van der Waals surface area contributed by atoms with E-state index in [1.54, 1.807) is 0 Å². The maximum atomic E-state index is 5.68. The summed E-state index contributed by atoms with van der Waals surface area (Å²) in [7, 11) is 0. The molecule has 3 nitrogen and oxygen atoms in total. The minimum atomic E-state index is -0.0136. The van der Waals surface area contributed by atoms with Crippen molar-refractivity contribution in [3.05, 3.63) is 0 Å². The molecule has 0 aliphatic carbocycles. The van der Waals surface area contributed by atoms with E-state index in [2.05, 4.69) is 11.3 Å². The van der Waals surface area contributed by atoms with Crippen LogP contribution in [0.4, 0.5) is 0 Å².